The summed E-state index contributed by atoms with van der Waals surface area (Å²) in [4.78, 5) is 23.4. The predicted molar refractivity (Wildman–Crippen MR) is 77.3 cm³/mol. The van der Waals surface area contributed by atoms with Crippen molar-refractivity contribution < 1.29 is 24.5 Å². The quantitative estimate of drug-likeness (QED) is 0.526. The number of carbonyl (C=O) groups excluding carboxylic acids is 1. The molecule has 4 N–H and O–H groups in total. The van der Waals surface area contributed by atoms with Crippen molar-refractivity contribution in [2.24, 2.45) is 17.6 Å². The Balaban J connectivity index is 2.88. The SMILES string of the molecule is CC(C)(C)OC(=O)[C@@H](CC1CCCCC1)[C@](N)(O)C(=O)O. The molecule has 21 heavy (non-hydrogen) atoms. The van der Waals surface area contributed by atoms with Crippen LogP contribution in [0.4, 0.5) is 0 Å². The molecular formula is C15H27NO5. The van der Waals surface area contributed by atoms with Gasteiger partial charge >= 0.3 is 11.9 Å². The smallest absolute Gasteiger partial charge is 0.351 e. The van der Waals surface area contributed by atoms with E-state index in [1.165, 1.54) is 0 Å². The molecule has 0 unspecified atom stereocenters. The number of ether oxygens (including phenoxy) is 1. The summed E-state index contributed by atoms with van der Waals surface area (Å²) in [6.45, 7) is 5.08. The van der Waals surface area contributed by atoms with Crippen LogP contribution >= 0.6 is 0 Å². The van der Waals surface area contributed by atoms with Gasteiger partial charge in [0.05, 0.1) is 0 Å². The van der Waals surface area contributed by atoms with Crippen molar-refractivity contribution >= 4 is 11.9 Å². The lowest BCUT2D eigenvalue weighted by Crippen LogP contribution is -2.58. The van der Waals surface area contributed by atoms with Gasteiger partial charge in [0.2, 0.25) is 5.72 Å². The van der Waals surface area contributed by atoms with E-state index >= 15 is 0 Å². The number of carboxylic acid groups (broad SMARTS) is 1. The fourth-order valence-electron chi connectivity index (χ4n) is 2.73. The Kier molecular flexibility index (Phi) is 5.75. The fraction of sp³-hybridized carbons (Fsp3) is 0.867. The molecule has 2 atom stereocenters. The molecule has 0 radical (unpaired) electrons. The highest BCUT2D eigenvalue weighted by atomic mass is 16.6. The van der Waals surface area contributed by atoms with Crippen LogP contribution in [0.15, 0.2) is 0 Å². The summed E-state index contributed by atoms with van der Waals surface area (Å²) in [5.74, 6) is -3.40. The second-order valence-corrected chi connectivity index (χ2v) is 6.96. The van der Waals surface area contributed by atoms with Crippen molar-refractivity contribution in [1.29, 1.82) is 0 Å². The third-order valence-electron chi connectivity index (χ3n) is 3.86. The molecule has 1 aliphatic carbocycles. The van der Waals surface area contributed by atoms with Crippen molar-refractivity contribution in [3.05, 3.63) is 0 Å². The molecule has 0 bridgehead atoms. The van der Waals surface area contributed by atoms with E-state index in [-0.39, 0.29) is 12.3 Å². The van der Waals surface area contributed by atoms with Crippen LogP contribution in [0, 0.1) is 11.8 Å². The number of esters is 1. The number of carbonyl (C=O) groups is 2. The largest absolute Gasteiger partial charge is 0.478 e. The molecule has 122 valence electrons. The van der Waals surface area contributed by atoms with Crippen LogP contribution in [0.3, 0.4) is 0 Å². The second-order valence-electron chi connectivity index (χ2n) is 6.96. The lowest BCUT2D eigenvalue weighted by molar-refractivity contribution is -0.183. The zero-order valence-electron chi connectivity index (χ0n) is 13.1. The fourth-order valence-corrected chi connectivity index (χ4v) is 2.73. The molecule has 1 fully saturated rings. The van der Waals surface area contributed by atoms with Gasteiger partial charge in [-0.2, -0.15) is 0 Å². The first-order chi connectivity index (χ1) is 9.54. The van der Waals surface area contributed by atoms with Crippen molar-refractivity contribution in [2.45, 2.75) is 70.6 Å². The van der Waals surface area contributed by atoms with Crippen LogP contribution in [0.2, 0.25) is 0 Å². The molecule has 1 rings (SSSR count). The second kappa shape index (κ2) is 6.75. The summed E-state index contributed by atoms with van der Waals surface area (Å²) in [6, 6.07) is 0. The highest BCUT2D eigenvalue weighted by Gasteiger charge is 2.47. The molecule has 0 aliphatic heterocycles. The Hall–Kier alpha value is -1.14. The molecule has 1 saturated carbocycles. The number of hydrogen-bond acceptors (Lipinski definition) is 5. The van der Waals surface area contributed by atoms with E-state index in [1.807, 2.05) is 0 Å². The van der Waals surface area contributed by atoms with Gasteiger partial charge in [-0.1, -0.05) is 32.1 Å². The molecule has 0 aromatic heterocycles. The minimum Gasteiger partial charge on any atom is -0.478 e. The van der Waals surface area contributed by atoms with E-state index in [0.29, 0.717) is 0 Å². The summed E-state index contributed by atoms with van der Waals surface area (Å²) in [5.41, 5.74) is 2.14. The van der Waals surface area contributed by atoms with E-state index in [2.05, 4.69) is 0 Å². The lowest BCUT2D eigenvalue weighted by Gasteiger charge is -2.33. The molecule has 6 heteroatoms. The summed E-state index contributed by atoms with van der Waals surface area (Å²) in [7, 11) is 0. The third-order valence-corrected chi connectivity index (χ3v) is 3.86. The van der Waals surface area contributed by atoms with Gasteiger partial charge in [-0.05, 0) is 33.1 Å². The molecule has 0 amide bonds. The van der Waals surface area contributed by atoms with E-state index in [4.69, 9.17) is 15.6 Å². The Labute approximate surface area is 125 Å². The van der Waals surface area contributed by atoms with Crippen LogP contribution < -0.4 is 5.73 Å². The zero-order valence-corrected chi connectivity index (χ0v) is 13.1. The van der Waals surface area contributed by atoms with Gasteiger partial charge < -0.3 is 14.9 Å². The average Bonchev–Trinajstić information content (AvgIpc) is 2.34. The number of carboxylic acids is 1. The van der Waals surface area contributed by atoms with Crippen LogP contribution in [-0.2, 0) is 14.3 Å². The van der Waals surface area contributed by atoms with E-state index in [0.717, 1.165) is 32.1 Å². The van der Waals surface area contributed by atoms with Gasteiger partial charge in [-0.3, -0.25) is 10.5 Å². The van der Waals surface area contributed by atoms with Crippen molar-refractivity contribution in [1.82, 2.24) is 0 Å². The van der Waals surface area contributed by atoms with Gasteiger partial charge in [0.15, 0.2) is 0 Å². The normalized spacial score (nSPS) is 21.4. The highest BCUT2D eigenvalue weighted by Crippen LogP contribution is 2.33. The van der Waals surface area contributed by atoms with Gasteiger partial charge in [-0.25, -0.2) is 4.79 Å². The molecule has 0 aromatic carbocycles. The lowest BCUT2D eigenvalue weighted by atomic mass is 9.79. The highest BCUT2D eigenvalue weighted by molar-refractivity contribution is 5.85. The minimum atomic E-state index is -2.60. The monoisotopic (exact) mass is 301 g/mol. The Morgan fingerprint density at radius 2 is 1.76 bits per heavy atom. The average molecular weight is 301 g/mol. The van der Waals surface area contributed by atoms with Crippen molar-refractivity contribution in [2.75, 3.05) is 0 Å². The van der Waals surface area contributed by atoms with Gasteiger partial charge in [0, 0.05) is 0 Å². The molecule has 0 heterocycles. The van der Waals surface area contributed by atoms with Gasteiger partial charge in [0.1, 0.15) is 11.5 Å². The van der Waals surface area contributed by atoms with Gasteiger partial charge in [0.25, 0.3) is 0 Å². The summed E-state index contributed by atoms with van der Waals surface area (Å²) >= 11 is 0. The van der Waals surface area contributed by atoms with Crippen LogP contribution in [0.25, 0.3) is 0 Å². The maximum absolute atomic E-state index is 12.3. The minimum absolute atomic E-state index is 0.200. The number of aliphatic carboxylic acids is 1. The van der Waals surface area contributed by atoms with Crippen LogP contribution in [-0.4, -0.2) is 33.5 Å². The predicted octanol–water partition coefficient (Wildman–Crippen LogP) is 1.65. The summed E-state index contributed by atoms with van der Waals surface area (Å²) in [5, 5.41) is 19.1. The number of hydrogen-bond donors (Lipinski definition) is 3. The first-order valence-electron chi connectivity index (χ1n) is 7.51. The first-order valence-corrected chi connectivity index (χ1v) is 7.51. The van der Waals surface area contributed by atoms with Crippen molar-refractivity contribution in [3.8, 4) is 0 Å². The van der Waals surface area contributed by atoms with Crippen molar-refractivity contribution in [3.63, 3.8) is 0 Å². The molecule has 0 spiro atoms. The summed E-state index contributed by atoms with van der Waals surface area (Å²) in [6.07, 6.45) is 5.36. The first kappa shape index (κ1) is 17.9. The van der Waals surface area contributed by atoms with Crippen LogP contribution in [0.5, 0.6) is 0 Å². The molecule has 1 aliphatic rings. The number of aliphatic hydroxyl groups is 1. The number of rotatable bonds is 5. The maximum Gasteiger partial charge on any atom is 0.351 e. The van der Waals surface area contributed by atoms with E-state index in [1.54, 1.807) is 20.8 Å². The standard InChI is InChI=1S/C15H27NO5/c1-14(2,3)21-12(17)11(15(16,20)13(18)19)9-10-7-5-4-6-8-10/h10-11,20H,4-9,16H2,1-3H3,(H,18,19)/t11-,15+/m1/s1. The Morgan fingerprint density at radius 3 is 2.19 bits per heavy atom. The molecule has 6 nitrogen and oxygen atoms in total. The maximum atomic E-state index is 12.3. The number of nitrogens with two attached hydrogens (primary N) is 1. The topological polar surface area (TPSA) is 110 Å². The molecular weight excluding hydrogens is 274 g/mol. The Morgan fingerprint density at radius 1 is 1.24 bits per heavy atom. The van der Waals surface area contributed by atoms with Crippen LogP contribution in [0.1, 0.15) is 59.3 Å². The summed E-state index contributed by atoms with van der Waals surface area (Å²) < 4.78 is 5.24. The third kappa shape index (κ3) is 5.28. The van der Waals surface area contributed by atoms with Gasteiger partial charge in [-0.15, -0.1) is 0 Å². The zero-order chi connectivity index (χ0) is 16.3. The molecule has 0 saturated heterocycles. The van der Waals surface area contributed by atoms with E-state index < -0.39 is 29.2 Å². The Bertz CT molecular complexity index is 380. The van der Waals surface area contributed by atoms with E-state index in [9.17, 15) is 14.7 Å². The molecule has 0 aromatic rings.